The maximum Gasteiger partial charge on any atom is 0.631 e. The molecule has 0 atom stereocenters. The molecule has 3 N–H and O–H groups in total. The Kier molecular flexibility index (Phi) is 5.80. The van der Waals surface area contributed by atoms with Gasteiger partial charge in [0.1, 0.15) is 0 Å². The fourth-order valence-electron chi connectivity index (χ4n) is 1.35. The Labute approximate surface area is 105 Å². The smallest absolute Gasteiger partial charge is 0.402 e. The molecule has 0 saturated carbocycles. The highest BCUT2D eigenvalue weighted by atomic mass is 16.5. The fraction of sp³-hybridized carbons (Fsp3) is 0. The first-order valence-corrected chi connectivity index (χ1v) is 5.30. The third-order valence-corrected chi connectivity index (χ3v) is 2.07. The lowest BCUT2D eigenvalue weighted by atomic mass is 10.0. The molecule has 2 aromatic rings. The third kappa shape index (κ3) is 4.92. The number of hydrogen-bond donors (Lipinski definition) is 3. The molecule has 0 aliphatic rings. The Balaban J connectivity index is 0.000000357. The highest BCUT2D eigenvalue weighted by molar-refractivity contribution is 6.30. The maximum atomic E-state index is 11.8. The van der Waals surface area contributed by atoms with Gasteiger partial charge in [0.2, 0.25) is 0 Å². The van der Waals surface area contributed by atoms with Crippen molar-refractivity contribution < 1.29 is 19.9 Å². The van der Waals surface area contributed by atoms with E-state index < -0.39 is 7.32 Å². The summed E-state index contributed by atoms with van der Waals surface area (Å²) in [6, 6.07) is 18.6. The monoisotopic (exact) mass is 244 g/mol. The van der Waals surface area contributed by atoms with Gasteiger partial charge in [-0.2, -0.15) is 0 Å². The quantitative estimate of drug-likeness (QED) is 0.541. The second-order valence-electron chi connectivity index (χ2n) is 3.41. The second kappa shape index (κ2) is 7.39. The van der Waals surface area contributed by atoms with Gasteiger partial charge in [0, 0.05) is 11.1 Å². The van der Waals surface area contributed by atoms with E-state index in [2.05, 4.69) is 0 Å². The molecule has 2 rings (SSSR count). The van der Waals surface area contributed by atoms with Gasteiger partial charge < -0.3 is 15.1 Å². The van der Waals surface area contributed by atoms with E-state index in [9.17, 15) is 4.79 Å². The summed E-state index contributed by atoms with van der Waals surface area (Å²) in [7, 11) is -2.17. The fourth-order valence-corrected chi connectivity index (χ4v) is 1.35. The molecule has 92 valence electrons. The van der Waals surface area contributed by atoms with E-state index >= 15 is 0 Å². The van der Waals surface area contributed by atoms with Crippen LogP contribution in [0.3, 0.4) is 0 Å². The zero-order valence-corrected chi connectivity index (χ0v) is 9.60. The van der Waals surface area contributed by atoms with Gasteiger partial charge in [-0.05, 0) is 0 Å². The van der Waals surface area contributed by atoms with Crippen molar-refractivity contribution in [2.75, 3.05) is 0 Å². The van der Waals surface area contributed by atoms with Gasteiger partial charge in [-0.15, -0.1) is 0 Å². The number of benzene rings is 2. The van der Waals surface area contributed by atoms with Crippen LogP contribution in [0.1, 0.15) is 15.9 Å². The average Bonchev–Trinajstić information content (AvgIpc) is 2.39. The Bertz CT molecular complexity index is 427. The lowest BCUT2D eigenvalue weighted by molar-refractivity contribution is 0.103. The van der Waals surface area contributed by atoms with Crippen molar-refractivity contribution >= 4 is 13.1 Å². The zero-order valence-electron chi connectivity index (χ0n) is 9.60. The molecule has 0 bridgehead atoms. The first kappa shape index (κ1) is 14.1. The van der Waals surface area contributed by atoms with Gasteiger partial charge in [-0.3, -0.25) is 4.79 Å². The zero-order chi connectivity index (χ0) is 13.4. The van der Waals surface area contributed by atoms with Crippen molar-refractivity contribution in [3.05, 3.63) is 71.8 Å². The third-order valence-electron chi connectivity index (χ3n) is 2.07. The Morgan fingerprint density at radius 2 is 1.00 bits per heavy atom. The highest BCUT2D eigenvalue weighted by Gasteiger charge is 2.06. The summed E-state index contributed by atoms with van der Waals surface area (Å²) in [4.78, 5) is 11.8. The van der Waals surface area contributed by atoms with Crippen molar-refractivity contribution in [2.24, 2.45) is 0 Å². The predicted octanol–water partition coefficient (Wildman–Crippen LogP) is 0.866. The van der Waals surface area contributed by atoms with Crippen LogP contribution in [0.25, 0.3) is 0 Å². The van der Waals surface area contributed by atoms with Gasteiger partial charge in [0.15, 0.2) is 5.78 Å². The highest BCUT2D eigenvalue weighted by Crippen LogP contribution is 2.08. The van der Waals surface area contributed by atoms with Crippen LogP contribution in [-0.2, 0) is 0 Å². The molecule has 5 heteroatoms. The molecule has 18 heavy (non-hydrogen) atoms. The normalized spacial score (nSPS) is 9.06. The van der Waals surface area contributed by atoms with E-state index in [4.69, 9.17) is 15.1 Å². The topological polar surface area (TPSA) is 77.8 Å². The minimum absolute atomic E-state index is 0.0752. The van der Waals surface area contributed by atoms with Gasteiger partial charge >= 0.3 is 7.32 Å². The lowest BCUT2D eigenvalue weighted by Crippen LogP contribution is -2.07. The molecule has 0 unspecified atom stereocenters. The minimum Gasteiger partial charge on any atom is -0.402 e. The summed E-state index contributed by atoms with van der Waals surface area (Å²) < 4.78 is 0. The molecular formula is C13H13BO4. The molecule has 0 aromatic heterocycles. The van der Waals surface area contributed by atoms with E-state index in [1.165, 1.54) is 0 Å². The van der Waals surface area contributed by atoms with Crippen molar-refractivity contribution in [1.82, 2.24) is 0 Å². The van der Waals surface area contributed by atoms with E-state index in [-0.39, 0.29) is 5.78 Å². The summed E-state index contributed by atoms with van der Waals surface area (Å²) in [5.74, 6) is 0.0752. The predicted molar refractivity (Wildman–Crippen MR) is 68.7 cm³/mol. The molecule has 0 heterocycles. The summed E-state index contributed by atoms with van der Waals surface area (Å²) in [6.45, 7) is 0. The van der Waals surface area contributed by atoms with Crippen LogP contribution in [0, 0.1) is 0 Å². The molecule has 2 aromatic carbocycles. The van der Waals surface area contributed by atoms with Gasteiger partial charge in [-0.1, -0.05) is 60.7 Å². The Morgan fingerprint density at radius 3 is 1.28 bits per heavy atom. The van der Waals surface area contributed by atoms with Gasteiger partial charge in [0.05, 0.1) is 0 Å². The molecule has 0 amide bonds. The van der Waals surface area contributed by atoms with Crippen molar-refractivity contribution in [3.63, 3.8) is 0 Å². The minimum atomic E-state index is -2.17. The largest absolute Gasteiger partial charge is 0.631 e. The molecular weight excluding hydrogens is 231 g/mol. The summed E-state index contributed by atoms with van der Waals surface area (Å²) >= 11 is 0. The number of carbonyl (C=O) groups is 1. The van der Waals surface area contributed by atoms with E-state index in [0.717, 1.165) is 11.1 Å². The molecule has 0 aliphatic heterocycles. The van der Waals surface area contributed by atoms with Gasteiger partial charge in [0.25, 0.3) is 0 Å². The number of carbonyl (C=O) groups excluding carboxylic acids is 1. The van der Waals surface area contributed by atoms with E-state index in [0.29, 0.717) is 0 Å². The molecule has 0 aliphatic carbocycles. The summed E-state index contributed by atoms with van der Waals surface area (Å²) in [5.41, 5.74) is 1.47. The SMILES string of the molecule is O=C(c1ccccc1)c1ccccc1.OB(O)O. The lowest BCUT2D eigenvalue weighted by Gasteiger charge is -1.99. The molecule has 0 spiro atoms. The van der Waals surface area contributed by atoms with E-state index in [1.807, 2.05) is 60.7 Å². The van der Waals surface area contributed by atoms with E-state index in [1.54, 1.807) is 0 Å². The van der Waals surface area contributed by atoms with Crippen LogP contribution >= 0.6 is 0 Å². The van der Waals surface area contributed by atoms with Crippen LogP contribution in [0.4, 0.5) is 0 Å². The Hall–Kier alpha value is -1.95. The number of rotatable bonds is 2. The molecule has 0 fully saturated rings. The first-order chi connectivity index (χ1) is 8.61. The Morgan fingerprint density at radius 1 is 0.722 bits per heavy atom. The van der Waals surface area contributed by atoms with Crippen molar-refractivity contribution in [2.45, 2.75) is 0 Å². The second-order valence-corrected chi connectivity index (χ2v) is 3.41. The molecule has 4 nitrogen and oxygen atoms in total. The molecule has 0 radical (unpaired) electrons. The standard InChI is InChI=1S/C13H10O.BH3O3/c14-13(11-7-3-1-4-8-11)12-9-5-2-6-10-12;2-1(3)4/h1-10H;2-4H. The van der Waals surface area contributed by atoms with Crippen LogP contribution in [0.5, 0.6) is 0 Å². The number of ketones is 1. The van der Waals surface area contributed by atoms with Gasteiger partial charge in [-0.25, -0.2) is 0 Å². The average molecular weight is 244 g/mol. The first-order valence-electron chi connectivity index (χ1n) is 5.30. The number of hydrogen-bond acceptors (Lipinski definition) is 4. The van der Waals surface area contributed by atoms with Crippen LogP contribution in [0.15, 0.2) is 60.7 Å². The summed E-state index contributed by atoms with van der Waals surface area (Å²) in [5, 5.41) is 21.5. The maximum absolute atomic E-state index is 11.8. The van der Waals surface area contributed by atoms with Crippen molar-refractivity contribution in [3.8, 4) is 0 Å². The van der Waals surface area contributed by atoms with Crippen LogP contribution in [-0.4, -0.2) is 28.2 Å². The van der Waals surface area contributed by atoms with Crippen molar-refractivity contribution in [1.29, 1.82) is 0 Å². The van der Waals surface area contributed by atoms with Crippen LogP contribution < -0.4 is 0 Å². The molecule has 0 saturated heterocycles. The summed E-state index contributed by atoms with van der Waals surface area (Å²) in [6.07, 6.45) is 0. The van der Waals surface area contributed by atoms with Crippen LogP contribution in [0.2, 0.25) is 0 Å².